The van der Waals surface area contributed by atoms with E-state index >= 15 is 0 Å². The Balaban J connectivity index is 0.000000189. The van der Waals surface area contributed by atoms with E-state index in [2.05, 4.69) is 0 Å². The fourth-order valence-corrected chi connectivity index (χ4v) is 5.11. The van der Waals surface area contributed by atoms with E-state index in [1.807, 2.05) is 30.3 Å². The van der Waals surface area contributed by atoms with Crippen LogP contribution in [0.1, 0.15) is 44.7 Å². The van der Waals surface area contributed by atoms with Gasteiger partial charge in [0.25, 0.3) is 0 Å². The van der Waals surface area contributed by atoms with Crippen LogP contribution in [0.5, 0.6) is 17.2 Å². The number of Topliss-reactive ketones (excluding diaryl/α,β-unsaturated/α-hetero) is 2. The Hall–Kier alpha value is -3.02. The van der Waals surface area contributed by atoms with E-state index in [-0.39, 0.29) is 17.5 Å². The molecular formula is C28H26Cl2O5. The van der Waals surface area contributed by atoms with Crippen LogP contribution in [0, 0.1) is 5.92 Å². The molecule has 0 amide bonds. The largest absolute Gasteiger partial charge is 0.495 e. The number of carbonyl (C=O) groups is 2. The van der Waals surface area contributed by atoms with E-state index in [0.717, 1.165) is 34.4 Å². The van der Waals surface area contributed by atoms with Crippen LogP contribution >= 0.6 is 23.2 Å². The molecule has 2 aliphatic carbocycles. The summed E-state index contributed by atoms with van der Waals surface area (Å²) in [5.41, 5.74) is 3.31. The monoisotopic (exact) mass is 512 g/mol. The molecule has 5 rings (SSSR count). The molecule has 0 heterocycles. The average molecular weight is 513 g/mol. The van der Waals surface area contributed by atoms with Crippen LogP contribution in [0.4, 0.5) is 0 Å². The molecular weight excluding hydrogens is 487 g/mol. The first-order valence-electron chi connectivity index (χ1n) is 11.4. The van der Waals surface area contributed by atoms with Crippen molar-refractivity contribution >= 4 is 34.8 Å². The number of fused-ring (bicyclic) bond motifs is 2. The van der Waals surface area contributed by atoms with Crippen molar-refractivity contribution in [1.82, 2.24) is 0 Å². The summed E-state index contributed by atoms with van der Waals surface area (Å²) in [5.74, 6) is 2.36. The normalized spacial score (nSPS) is 15.7. The molecule has 0 N–H and O–H groups in total. The fraction of sp³-hybridized carbons (Fsp3) is 0.286. The molecule has 0 fully saturated rings. The lowest BCUT2D eigenvalue weighted by Gasteiger charge is -2.09. The third-order valence-electron chi connectivity index (χ3n) is 6.32. The van der Waals surface area contributed by atoms with E-state index in [4.69, 9.17) is 37.4 Å². The van der Waals surface area contributed by atoms with E-state index in [1.165, 1.54) is 0 Å². The average Bonchev–Trinajstić information content (AvgIpc) is 3.41. The van der Waals surface area contributed by atoms with E-state index in [9.17, 15) is 9.59 Å². The summed E-state index contributed by atoms with van der Waals surface area (Å²) in [6, 6.07) is 16.7. The maximum absolute atomic E-state index is 12.4. The quantitative estimate of drug-likeness (QED) is 0.369. The first kappa shape index (κ1) is 25.1. The molecule has 0 radical (unpaired) electrons. The lowest BCUT2D eigenvalue weighted by molar-refractivity contribution is 0.0918. The highest BCUT2D eigenvalue weighted by molar-refractivity contribution is 6.34. The Kier molecular flexibility index (Phi) is 7.99. The Morgan fingerprint density at radius 2 is 1.43 bits per heavy atom. The number of ketones is 2. The van der Waals surface area contributed by atoms with Crippen LogP contribution < -0.4 is 14.2 Å². The zero-order valence-corrected chi connectivity index (χ0v) is 21.1. The van der Waals surface area contributed by atoms with Crippen molar-refractivity contribution in [3.05, 3.63) is 86.9 Å². The standard InChI is InChI=1S/C18H17ClO3.C10H9ClO2/c1-21-16-8-7-14-15(17(16)19)11-12(18(14)20)9-10-22-13-5-3-2-4-6-13;1-13-9-5-3-6-7(10(9)11)2-4-8(6)12/h2-8,12H,9-11H2,1H3;3,5H,2,4H2,1H3. The van der Waals surface area contributed by atoms with E-state index in [1.54, 1.807) is 38.5 Å². The summed E-state index contributed by atoms with van der Waals surface area (Å²) in [4.78, 5) is 23.8. The second-order valence-corrected chi connectivity index (χ2v) is 9.11. The molecule has 0 saturated heterocycles. The maximum atomic E-state index is 12.4. The minimum Gasteiger partial charge on any atom is -0.495 e. The van der Waals surface area contributed by atoms with Crippen LogP contribution in [-0.4, -0.2) is 32.4 Å². The first-order chi connectivity index (χ1) is 16.9. The minimum absolute atomic E-state index is 0.0664. The van der Waals surface area contributed by atoms with Crippen LogP contribution in [0.25, 0.3) is 0 Å². The van der Waals surface area contributed by atoms with E-state index < -0.39 is 0 Å². The Bertz CT molecular complexity index is 1240. The summed E-state index contributed by atoms with van der Waals surface area (Å²) < 4.78 is 16.0. The number of para-hydroxylation sites is 1. The van der Waals surface area contributed by atoms with Crippen molar-refractivity contribution in [3.63, 3.8) is 0 Å². The van der Waals surface area contributed by atoms with Crippen molar-refractivity contribution in [2.45, 2.75) is 25.7 Å². The summed E-state index contributed by atoms with van der Waals surface area (Å²) >= 11 is 12.3. The smallest absolute Gasteiger partial charge is 0.166 e. The van der Waals surface area contributed by atoms with Gasteiger partial charge in [-0.15, -0.1) is 0 Å². The highest BCUT2D eigenvalue weighted by Gasteiger charge is 2.33. The van der Waals surface area contributed by atoms with Crippen LogP contribution in [0.15, 0.2) is 54.6 Å². The number of rotatable bonds is 6. The van der Waals surface area contributed by atoms with Gasteiger partial charge in [0, 0.05) is 23.5 Å². The van der Waals surface area contributed by atoms with Crippen molar-refractivity contribution in [2.75, 3.05) is 20.8 Å². The predicted molar refractivity (Wildman–Crippen MR) is 137 cm³/mol. The topological polar surface area (TPSA) is 61.8 Å². The predicted octanol–water partition coefficient (Wildman–Crippen LogP) is 6.65. The zero-order valence-electron chi connectivity index (χ0n) is 19.6. The molecule has 0 bridgehead atoms. The molecule has 1 atom stereocenters. The van der Waals surface area contributed by atoms with Crippen LogP contribution in [0.3, 0.4) is 0 Å². The Morgan fingerprint density at radius 1 is 0.800 bits per heavy atom. The number of benzene rings is 3. The van der Waals surface area contributed by atoms with Gasteiger partial charge in [-0.3, -0.25) is 9.59 Å². The molecule has 0 aromatic heterocycles. The van der Waals surface area contributed by atoms with Gasteiger partial charge in [-0.25, -0.2) is 0 Å². The number of hydrogen-bond acceptors (Lipinski definition) is 5. The molecule has 5 nitrogen and oxygen atoms in total. The number of methoxy groups -OCH3 is 2. The third kappa shape index (κ3) is 5.31. The summed E-state index contributed by atoms with van der Waals surface area (Å²) in [6.45, 7) is 0.517. The Labute approximate surface area is 214 Å². The molecule has 0 spiro atoms. The molecule has 0 saturated carbocycles. The molecule has 7 heteroatoms. The fourth-order valence-electron chi connectivity index (χ4n) is 4.45. The minimum atomic E-state index is -0.0664. The molecule has 35 heavy (non-hydrogen) atoms. The SMILES string of the molecule is COc1ccc2c(c1Cl)CC(CCOc1ccccc1)C2=O.COc1ccc2c(c1Cl)CCC2=O. The van der Waals surface area contributed by atoms with Gasteiger partial charge in [-0.05, 0) is 66.8 Å². The summed E-state index contributed by atoms with van der Waals surface area (Å²) in [5, 5.41) is 1.14. The lowest BCUT2D eigenvalue weighted by Crippen LogP contribution is -2.13. The van der Waals surface area contributed by atoms with Crippen molar-refractivity contribution < 1.29 is 23.8 Å². The van der Waals surface area contributed by atoms with E-state index in [0.29, 0.717) is 47.4 Å². The van der Waals surface area contributed by atoms with Crippen molar-refractivity contribution in [2.24, 2.45) is 5.92 Å². The van der Waals surface area contributed by atoms with Crippen LogP contribution in [0.2, 0.25) is 10.0 Å². The zero-order chi connectivity index (χ0) is 24.9. The number of ether oxygens (including phenoxy) is 3. The number of hydrogen-bond donors (Lipinski definition) is 0. The van der Waals surface area contributed by atoms with Gasteiger partial charge >= 0.3 is 0 Å². The first-order valence-corrected chi connectivity index (χ1v) is 12.2. The summed E-state index contributed by atoms with van der Waals surface area (Å²) in [7, 11) is 3.15. The molecule has 2 aliphatic rings. The third-order valence-corrected chi connectivity index (χ3v) is 7.15. The molecule has 3 aromatic rings. The van der Waals surface area contributed by atoms with Gasteiger partial charge in [0.2, 0.25) is 0 Å². The van der Waals surface area contributed by atoms with Crippen molar-refractivity contribution in [1.29, 1.82) is 0 Å². The Morgan fingerprint density at radius 3 is 2.09 bits per heavy atom. The second-order valence-electron chi connectivity index (χ2n) is 8.35. The van der Waals surface area contributed by atoms with Gasteiger partial charge in [0.1, 0.15) is 17.2 Å². The summed E-state index contributed by atoms with van der Waals surface area (Å²) in [6.07, 6.45) is 2.65. The molecule has 0 aliphatic heterocycles. The number of carbonyl (C=O) groups excluding carboxylic acids is 2. The lowest BCUT2D eigenvalue weighted by atomic mass is 10.0. The van der Waals surface area contributed by atoms with Gasteiger partial charge in [0.15, 0.2) is 11.6 Å². The molecule has 182 valence electrons. The second kappa shape index (κ2) is 11.1. The van der Waals surface area contributed by atoms with Crippen molar-refractivity contribution in [3.8, 4) is 17.2 Å². The van der Waals surface area contributed by atoms with Crippen LogP contribution in [-0.2, 0) is 12.8 Å². The maximum Gasteiger partial charge on any atom is 0.166 e. The highest BCUT2D eigenvalue weighted by Crippen LogP contribution is 2.39. The number of halogens is 2. The van der Waals surface area contributed by atoms with Gasteiger partial charge < -0.3 is 14.2 Å². The van der Waals surface area contributed by atoms with Gasteiger partial charge in [-0.2, -0.15) is 0 Å². The molecule has 1 unspecified atom stereocenters. The van der Waals surface area contributed by atoms with Gasteiger partial charge in [0.05, 0.1) is 30.9 Å². The highest BCUT2D eigenvalue weighted by atomic mass is 35.5. The molecule has 3 aromatic carbocycles. The van der Waals surface area contributed by atoms with Gasteiger partial charge in [-0.1, -0.05) is 41.4 Å².